The molecule has 5 heteroatoms. The van der Waals surface area contributed by atoms with E-state index < -0.39 is 0 Å². The fourth-order valence-electron chi connectivity index (χ4n) is 1.64. The van der Waals surface area contributed by atoms with Crippen LogP contribution in [0.15, 0.2) is 35.3 Å². The summed E-state index contributed by atoms with van der Waals surface area (Å²) in [5, 5.41) is 0. The first-order valence-corrected chi connectivity index (χ1v) is 5.56. The third-order valence-corrected chi connectivity index (χ3v) is 2.70. The standard InChI is InChI=1S/C13H15N3O2/c1-9-6-13(17)16(8-11(9)14)7-10-4-3-5-12(15-10)18-2/h3-6,8H,7,14H2,1-2H3. The fourth-order valence-corrected chi connectivity index (χ4v) is 1.64. The minimum atomic E-state index is -0.0914. The average molecular weight is 245 g/mol. The van der Waals surface area contributed by atoms with Gasteiger partial charge in [-0.15, -0.1) is 0 Å². The van der Waals surface area contributed by atoms with Gasteiger partial charge in [0.2, 0.25) is 5.88 Å². The maximum absolute atomic E-state index is 11.8. The molecule has 0 radical (unpaired) electrons. The molecule has 0 aliphatic rings. The van der Waals surface area contributed by atoms with Crippen molar-refractivity contribution in [2.45, 2.75) is 13.5 Å². The number of hydrogen-bond donors (Lipinski definition) is 1. The molecule has 2 aromatic rings. The lowest BCUT2D eigenvalue weighted by Crippen LogP contribution is -2.21. The van der Waals surface area contributed by atoms with Crippen molar-refractivity contribution >= 4 is 5.69 Å². The quantitative estimate of drug-likeness (QED) is 0.881. The van der Waals surface area contributed by atoms with Crippen LogP contribution in [0.5, 0.6) is 5.88 Å². The Morgan fingerprint density at radius 1 is 1.44 bits per heavy atom. The molecule has 0 unspecified atom stereocenters. The van der Waals surface area contributed by atoms with Crippen molar-refractivity contribution in [3.8, 4) is 5.88 Å². The summed E-state index contributed by atoms with van der Waals surface area (Å²) < 4.78 is 6.57. The van der Waals surface area contributed by atoms with Gasteiger partial charge in [0.05, 0.1) is 25.0 Å². The second kappa shape index (κ2) is 4.91. The van der Waals surface area contributed by atoms with E-state index in [9.17, 15) is 4.79 Å². The van der Waals surface area contributed by atoms with Gasteiger partial charge in [0, 0.05) is 18.3 Å². The van der Waals surface area contributed by atoms with E-state index in [1.165, 1.54) is 10.6 Å². The Balaban J connectivity index is 2.34. The number of rotatable bonds is 3. The van der Waals surface area contributed by atoms with Crippen molar-refractivity contribution < 1.29 is 4.74 Å². The van der Waals surface area contributed by atoms with Gasteiger partial charge >= 0.3 is 0 Å². The first-order valence-electron chi connectivity index (χ1n) is 5.56. The van der Waals surface area contributed by atoms with Gasteiger partial charge in [-0.2, -0.15) is 0 Å². The summed E-state index contributed by atoms with van der Waals surface area (Å²) in [6, 6.07) is 6.96. The number of ether oxygens (including phenoxy) is 1. The number of nitrogens with two attached hydrogens (primary N) is 1. The van der Waals surface area contributed by atoms with Crippen LogP contribution >= 0.6 is 0 Å². The van der Waals surface area contributed by atoms with E-state index >= 15 is 0 Å². The third kappa shape index (κ3) is 2.51. The Bertz CT molecular complexity index is 620. The van der Waals surface area contributed by atoms with E-state index in [1.807, 2.05) is 19.1 Å². The second-order valence-corrected chi connectivity index (χ2v) is 4.05. The van der Waals surface area contributed by atoms with Gasteiger partial charge in [0.25, 0.3) is 5.56 Å². The van der Waals surface area contributed by atoms with Crippen LogP contribution in [0.4, 0.5) is 5.69 Å². The van der Waals surface area contributed by atoms with Crippen LogP contribution in [0.25, 0.3) is 0 Å². The zero-order valence-electron chi connectivity index (χ0n) is 10.4. The van der Waals surface area contributed by atoms with E-state index in [-0.39, 0.29) is 5.56 Å². The molecule has 0 aliphatic heterocycles. The van der Waals surface area contributed by atoms with Crippen molar-refractivity contribution in [2.24, 2.45) is 0 Å². The van der Waals surface area contributed by atoms with Crippen LogP contribution in [-0.2, 0) is 6.54 Å². The van der Waals surface area contributed by atoms with Crippen molar-refractivity contribution in [1.29, 1.82) is 0 Å². The summed E-state index contributed by atoms with van der Waals surface area (Å²) >= 11 is 0. The average Bonchev–Trinajstić information content (AvgIpc) is 2.36. The number of anilines is 1. The Morgan fingerprint density at radius 2 is 2.22 bits per heavy atom. The van der Waals surface area contributed by atoms with Gasteiger partial charge < -0.3 is 15.0 Å². The largest absolute Gasteiger partial charge is 0.481 e. The summed E-state index contributed by atoms with van der Waals surface area (Å²) in [5.41, 5.74) is 7.83. The molecule has 0 fully saturated rings. The van der Waals surface area contributed by atoms with Crippen molar-refractivity contribution in [1.82, 2.24) is 9.55 Å². The summed E-state index contributed by atoms with van der Waals surface area (Å²) in [7, 11) is 1.56. The Morgan fingerprint density at radius 3 is 2.94 bits per heavy atom. The zero-order chi connectivity index (χ0) is 13.1. The number of hydrogen-bond acceptors (Lipinski definition) is 4. The first-order chi connectivity index (χ1) is 8.60. The molecule has 0 spiro atoms. The second-order valence-electron chi connectivity index (χ2n) is 4.05. The highest BCUT2D eigenvalue weighted by Crippen LogP contribution is 2.09. The highest BCUT2D eigenvalue weighted by molar-refractivity contribution is 5.43. The van der Waals surface area contributed by atoms with Crippen LogP contribution in [0.1, 0.15) is 11.3 Å². The molecule has 2 rings (SSSR count). The van der Waals surface area contributed by atoms with E-state index in [4.69, 9.17) is 10.5 Å². The summed E-state index contributed by atoms with van der Waals surface area (Å²) in [4.78, 5) is 16.1. The topological polar surface area (TPSA) is 70.1 Å². The molecule has 2 aromatic heterocycles. The van der Waals surface area contributed by atoms with E-state index in [2.05, 4.69) is 4.98 Å². The molecule has 0 saturated heterocycles. The zero-order valence-corrected chi connectivity index (χ0v) is 10.4. The molecular weight excluding hydrogens is 230 g/mol. The predicted molar refractivity (Wildman–Crippen MR) is 69.7 cm³/mol. The van der Waals surface area contributed by atoms with Crippen molar-refractivity contribution in [3.05, 3.63) is 52.1 Å². The number of pyridine rings is 2. The maximum Gasteiger partial charge on any atom is 0.251 e. The summed E-state index contributed by atoms with van der Waals surface area (Å²) in [6.07, 6.45) is 1.64. The predicted octanol–water partition coefficient (Wildman–Crippen LogP) is 1.19. The number of nitrogens with zero attached hydrogens (tertiary/aromatic N) is 2. The normalized spacial score (nSPS) is 10.3. The van der Waals surface area contributed by atoms with E-state index in [1.54, 1.807) is 19.4 Å². The molecule has 2 N–H and O–H groups in total. The van der Waals surface area contributed by atoms with Crippen molar-refractivity contribution in [2.75, 3.05) is 12.8 Å². The minimum Gasteiger partial charge on any atom is -0.481 e. The minimum absolute atomic E-state index is 0.0914. The van der Waals surface area contributed by atoms with Gasteiger partial charge in [0.1, 0.15) is 0 Å². The summed E-state index contributed by atoms with van der Waals surface area (Å²) in [6.45, 7) is 2.19. The lowest BCUT2D eigenvalue weighted by atomic mass is 10.2. The Kier molecular flexibility index (Phi) is 3.32. The number of nitrogen functional groups attached to an aromatic ring is 1. The van der Waals surface area contributed by atoms with Crippen LogP contribution in [0.2, 0.25) is 0 Å². The van der Waals surface area contributed by atoms with Gasteiger partial charge in [0.15, 0.2) is 0 Å². The highest BCUT2D eigenvalue weighted by atomic mass is 16.5. The lowest BCUT2D eigenvalue weighted by Gasteiger charge is -2.08. The maximum atomic E-state index is 11.8. The van der Waals surface area contributed by atoms with Crippen LogP contribution in [-0.4, -0.2) is 16.7 Å². The molecule has 0 atom stereocenters. The van der Waals surface area contributed by atoms with Gasteiger partial charge in [-0.1, -0.05) is 6.07 Å². The summed E-state index contributed by atoms with van der Waals surface area (Å²) in [5.74, 6) is 0.528. The number of methoxy groups -OCH3 is 1. The monoisotopic (exact) mass is 245 g/mol. The number of aryl methyl sites for hydroxylation is 1. The smallest absolute Gasteiger partial charge is 0.251 e. The molecule has 2 heterocycles. The molecule has 94 valence electrons. The van der Waals surface area contributed by atoms with Gasteiger partial charge in [-0.25, -0.2) is 4.98 Å². The Hall–Kier alpha value is -2.30. The SMILES string of the molecule is COc1cccc(Cn2cc(N)c(C)cc2=O)n1. The lowest BCUT2D eigenvalue weighted by molar-refractivity contribution is 0.396. The van der Waals surface area contributed by atoms with Gasteiger partial charge in [-0.05, 0) is 18.6 Å². The number of aromatic nitrogens is 2. The van der Waals surface area contributed by atoms with Crippen molar-refractivity contribution in [3.63, 3.8) is 0 Å². The molecule has 5 nitrogen and oxygen atoms in total. The molecule has 0 aromatic carbocycles. The molecule has 0 amide bonds. The molecule has 0 saturated carbocycles. The van der Waals surface area contributed by atoms with Crippen LogP contribution < -0.4 is 16.0 Å². The fraction of sp³-hybridized carbons (Fsp3) is 0.231. The first kappa shape index (κ1) is 12.2. The van der Waals surface area contributed by atoms with E-state index in [0.29, 0.717) is 18.1 Å². The molecular formula is C13H15N3O2. The molecule has 0 aliphatic carbocycles. The van der Waals surface area contributed by atoms with Crippen LogP contribution in [0, 0.1) is 6.92 Å². The van der Waals surface area contributed by atoms with E-state index in [0.717, 1.165) is 11.3 Å². The highest BCUT2D eigenvalue weighted by Gasteiger charge is 2.03. The third-order valence-electron chi connectivity index (χ3n) is 2.70. The Labute approximate surface area is 105 Å². The molecule has 18 heavy (non-hydrogen) atoms. The molecule has 0 bridgehead atoms. The van der Waals surface area contributed by atoms with Crippen LogP contribution in [0.3, 0.4) is 0 Å². The van der Waals surface area contributed by atoms with Gasteiger partial charge in [-0.3, -0.25) is 4.79 Å².